The molecule has 0 unspecified atom stereocenters. The lowest BCUT2D eigenvalue weighted by molar-refractivity contribution is -0.146. The number of carbonyl (C=O) groups excluding carboxylic acids is 6. The molecule has 1 aromatic carbocycles. The third-order valence-electron chi connectivity index (χ3n) is 10.1. The van der Waals surface area contributed by atoms with E-state index < -0.39 is 102 Å². The number of hydrogen-bond donors (Lipinski definition) is 9. The summed E-state index contributed by atoms with van der Waals surface area (Å²) in [5, 5.41) is 41.3. The predicted octanol–water partition coefficient (Wildman–Crippen LogP) is -1.52. The molecule has 10 N–H and O–H groups in total. The van der Waals surface area contributed by atoms with Crippen molar-refractivity contribution in [3.05, 3.63) is 36.0 Å². The van der Waals surface area contributed by atoms with Gasteiger partial charge in [0.25, 0.3) is 0 Å². The number of aliphatic hydroxyl groups excluding tert-OH is 2. The van der Waals surface area contributed by atoms with E-state index in [1.165, 1.54) is 30.6 Å². The van der Waals surface area contributed by atoms with Crippen molar-refractivity contribution in [2.24, 2.45) is 11.7 Å². The molecular formula is C37H54N8O10. The number of aliphatic carboxylic acids is 1. The number of rotatable bonds is 16. The Bertz CT molecular complexity index is 1740. The van der Waals surface area contributed by atoms with Gasteiger partial charge in [-0.3, -0.25) is 28.8 Å². The van der Waals surface area contributed by atoms with Crippen LogP contribution in [0.2, 0.25) is 0 Å². The van der Waals surface area contributed by atoms with Crippen LogP contribution in [0.4, 0.5) is 0 Å². The third kappa shape index (κ3) is 10.2. The standard InChI is InChI=1S/C37H54N8O10/c1-18(2)28(37(54)55)41-34(51)29(20(4)46)42-33(50)27-13-8-14-44(27)35(52)25(16-22-17-39-24-11-7-6-10-23(22)24)40-32(49)26-12-9-15-45(26)36(53)30(21(5)47)43-31(48)19(3)38/h6-7,10-11,17-21,25-30,39,46-47H,8-9,12-16,38H2,1-5H3,(H,40,49)(H,41,51)(H,42,50)(H,43,48)(H,54,55)/t19-,20+,21+,25-,26-,27-,28-,29-,30-/m0/s1. The van der Waals surface area contributed by atoms with Gasteiger partial charge in [-0.2, -0.15) is 0 Å². The highest BCUT2D eigenvalue weighted by Crippen LogP contribution is 2.25. The Morgan fingerprint density at radius 1 is 0.764 bits per heavy atom. The Labute approximate surface area is 318 Å². The Hall–Kier alpha value is -5.07. The molecule has 302 valence electrons. The second-order valence-electron chi connectivity index (χ2n) is 14.8. The van der Waals surface area contributed by atoms with Gasteiger partial charge in [0.15, 0.2) is 0 Å². The van der Waals surface area contributed by atoms with Gasteiger partial charge in [0, 0.05) is 36.6 Å². The maximum atomic E-state index is 14.5. The van der Waals surface area contributed by atoms with Gasteiger partial charge in [-0.05, 0) is 64.0 Å². The van der Waals surface area contributed by atoms with E-state index in [4.69, 9.17) is 5.73 Å². The van der Waals surface area contributed by atoms with Crippen molar-refractivity contribution in [2.75, 3.05) is 13.1 Å². The molecule has 18 nitrogen and oxygen atoms in total. The minimum absolute atomic E-state index is 0.00528. The fraction of sp³-hybridized carbons (Fsp3) is 0.595. The largest absolute Gasteiger partial charge is 0.480 e. The molecule has 0 bridgehead atoms. The highest BCUT2D eigenvalue weighted by atomic mass is 16.4. The van der Waals surface area contributed by atoms with Crippen LogP contribution in [0, 0.1) is 5.92 Å². The van der Waals surface area contributed by atoms with Crippen LogP contribution in [0.5, 0.6) is 0 Å². The number of carboxylic acid groups (broad SMARTS) is 1. The SMILES string of the molecule is CC(C)[C@H](NC(=O)[C@@H](NC(=O)[C@@H]1CCCN1C(=O)[C@H](Cc1c[nH]c2ccccc12)NC(=O)[C@@H]1CCCN1C(=O)[C@@H](NC(=O)[C@H](C)N)[C@@H](C)O)[C@@H](C)O)C(=O)O. The highest BCUT2D eigenvalue weighted by molar-refractivity contribution is 5.98. The zero-order chi connectivity index (χ0) is 40.7. The number of aromatic nitrogens is 1. The maximum Gasteiger partial charge on any atom is 0.326 e. The molecule has 18 heteroatoms. The first-order valence-corrected chi connectivity index (χ1v) is 18.6. The minimum Gasteiger partial charge on any atom is -0.480 e. The molecular weight excluding hydrogens is 716 g/mol. The van der Waals surface area contributed by atoms with E-state index in [-0.39, 0.29) is 32.4 Å². The number of nitrogens with one attached hydrogen (secondary N) is 5. The molecule has 55 heavy (non-hydrogen) atoms. The van der Waals surface area contributed by atoms with Gasteiger partial charge >= 0.3 is 5.97 Å². The van der Waals surface area contributed by atoms with E-state index in [2.05, 4.69) is 26.3 Å². The first kappa shape index (κ1) is 42.7. The van der Waals surface area contributed by atoms with Gasteiger partial charge in [-0.25, -0.2) is 4.79 Å². The second kappa shape index (κ2) is 18.5. The van der Waals surface area contributed by atoms with E-state index in [9.17, 15) is 48.9 Å². The van der Waals surface area contributed by atoms with E-state index in [0.29, 0.717) is 18.4 Å². The third-order valence-corrected chi connectivity index (χ3v) is 10.1. The van der Waals surface area contributed by atoms with Gasteiger partial charge in [-0.15, -0.1) is 0 Å². The van der Waals surface area contributed by atoms with Gasteiger partial charge in [0.2, 0.25) is 35.4 Å². The van der Waals surface area contributed by atoms with Crippen molar-refractivity contribution in [3.8, 4) is 0 Å². The summed E-state index contributed by atoms with van der Waals surface area (Å²) in [6.07, 6.45) is 0.318. The number of para-hydroxylation sites is 1. The van der Waals surface area contributed by atoms with Gasteiger partial charge in [-0.1, -0.05) is 32.0 Å². The van der Waals surface area contributed by atoms with Gasteiger partial charge in [0.1, 0.15) is 36.3 Å². The van der Waals surface area contributed by atoms with Crippen LogP contribution < -0.4 is 27.0 Å². The molecule has 2 aliphatic heterocycles. The molecule has 1 aromatic heterocycles. The van der Waals surface area contributed by atoms with E-state index in [1.54, 1.807) is 20.0 Å². The van der Waals surface area contributed by atoms with Crippen molar-refractivity contribution in [3.63, 3.8) is 0 Å². The molecule has 0 saturated carbocycles. The number of amides is 6. The smallest absolute Gasteiger partial charge is 0.326 e. The molecule has 6 amide bonds. The van der Waals surface area contributed by atoms with Crippen molar-refractivity contribution in [1.82, 2.24) is 36.1 Å². The summed E-state index contributed by atoms with van der Waals surface area (Å²) in [6.45, 7) is 7.53. The second-order valence-corrected chi connectivity index (χ2v) is 14.8. The molecule has 2 aromatic rings. The summed E-state index contributed by atoms with van der Waals surface area (Å²) in [5.74, 6) is -6.00. The van der Waals surface area contributed by atoms with Gasteiger partial charge in [0.05, 0.1) is 18.2 Å². The highest BCUT2D eigenvalue weighted by Gasteiger charge is 2.43. The number of H-pyrrole nitrogens is 1. The summed E-state index contributed by atoms with van der Waals surface area (Å²) in [5.41, 5.74) is 7.15. The molecule has 3 heterocycles. The lowest BCUT2D eigenvalue weighted by Gasteiger charge is -2.33. The zero-order valence-corrected chi connectivity index (χ0v) is 31.8. The number of carboxylic acids is 1. The number of nitrogens with zero attached hydrogens (tertiary/aromatic N) is 2. The first-order valence-electron chi connectivity index (χ1n) is 18.6. The number of nitrogens with two attached hydrogens (primary N) is 1. The molecule has 2 aliphatic rings. The zero-order valence-electron chi connectivity index (χ0n) is 31.8. The molecule has 0 radical (unpaired) electrons. The van der Waals surface area contributed by atoms with Crippen LogP contribution in [0.3, 0.4) is 0 Å². The van der Waals surface area contributed by atoms with E-state index in [0.717, 1.165) is 10.9 Å². The quantitative estimate of drug-likeness (QED) is 0.0946. The normalized spacial score (nSPS) is 20.9. The lowest BCUT2D eigenvalue weighted by Crippen LogP contribution is -2.61. The summed E-state index contributed by atoms with van der Waals surface area (Å²) in [7, 11) is 0. The molecule has 9 atom stereocenters. The fourth-order valence-corrected chi connectivity index (χ4v) is 7.06. The topological polar surface area (TPSA) is 277 Å². The minimum atomic E-state index is -1.53. The van der Waals surface area contributed by atoms with Gasteiger partial charge < -0.3 is 57.1 Å². The van der Waals surface area contributed by atoms with Crippen molar-refractivity contribution in [2.45, 2.75) is 121 Å². The van der Waals surface area contributed by atoms with Crippen molar-refractivity contribution < 1.29 is 48.9 Å². The van der Waals surface area contributed by atoms with Crippen LogP contribution in [0.1, 0.15) is 65.9 Å². The Morgan fingerprint density at radius 3 is 1.85 bits per heavy atom. The Balaban J connectivity index is 1.58. The van der Waals surface area contributed by atoms with Crippen molar-refractivity contribution in [1.29, 1.82) is 0 Å². The number of hydrogen-bond acceptors (Lipinski definition) is 10. The fourth-order valence-electron chi connectivity index (χ4n) is 7.06. The number of likely N-dealkylation sites (tertiary alicyclic amines) is 2. The Kier molecular flexibility index (Phi) is 14.4. The molecule has 2 fully saturated rings. The van der Waals surface area contributed by atoms with Crippen LogP contribution >= 0.6 is 0 Å². The monoisotopic (exact) mass is 770 g/mol. The summed E-state index contributed by atoms with van der Waals surface area (Å²) in [4.78, 5) is 98.8. The molecule has 2 saturated heterocycles. The molecule has 0 spiro atoms. The van der Waals surface area contributed by atoms with Crippen LogP contribution in [0.25, 0.3) is 10.9 Å². The number of aromatic amines is 1. The van der Waals surface area contributed by atoms with E-state index in [1.807, 2.05) is 24.3 Å². The average molecular weight is 771 g/mol. The van der Waals surface area contributed by atoms with Crippen molar-refractivity contribution >= 4 is 52.3 Å². The number of aliphatic hydroxyl groups is 2. The average Bonchev–Trinajstić information content (AvgIpc) is 3.90. The first-order chi connectivity index (χ1) is 25.9. The van der Waals surface area contributed by atoms with Crippen LogP contribution in [0.15, 0.2) is 30.5 Å². The summed E-state index contributed by atoms with van der Waals surface area (Å²) >= 11 is 0. The van der Waals surface area contributed by atoms with E-state index >= 15 is 0 Å². The molecule has 4 rings (SSSR count). The summed E-state index contributed by atoms with van der Waals surface area (Å²) < 4.78 is 0. The maximum absolute atomic E-state index is 14.5. The molecule has 0 aliphatic carbocycles. The number of carbonyl (C=O) groups is 7. The predicted molar refractivity (Wildman–Crippen MR) is 199 cm³/mol. The summed E-state index contributed by atoms with van der Waals surface area (Å²) in [6, 6.07) is -1.09. The Morgan fingerprint density at radius 2 is 1.31 bits per heavy atom. The van der Waals surface area contributed by atoms with Crippen LogP contribution in [-0.2, 0) is 40.0 Å². The lowest BCUT2D eigenvalue weighted by atomic mass is 10.0. The number of fused-ring (bicyclic) bond motifs is 1. The number of benzene rings is 1. The van der Waals surface area contributed by atoms with Crippen LogP contribution in [-0.4, -0.2) is 139 Å².